The van der Waals surface area contributed by atoms with E-state index in [-0.39, 0.29) is 11.8 Å². The first-order chi connectivity index (χ1) is 15.9. The van der Waals surface area contributed by atoms with Gasteiger partial charge in [-0.15, -0.1) is 11.3 Å². The zero-order valence-corrected chi connectivity index (χ0v) is 20.1. The van der Waals surface area contributed by atoms with E-state index >= 15 is 0 Å². The van der Waals surface area contributed by atoms with Crippen molar-refractivity contribution in [1.82, 2.24) is 14.8 Å². The smallest absolute Gasteiger partial charge is 0.273 e. The Hall–Kier alpha value is -3.39. The molecule has 2 aromatic carbocycles. The number of benzene rings is 2. The average Bonchev–Trinajstić information content (AvgIpc) is 3.32. The second-order valence-corrected chi connectivity index (χ2v) is 8.86. The highest BCUT2D eigenvalue weighted by Gasteiger charge is 2.28. The van der Waals surface area contributed by atoms with Gasteiger partial charge >= 0.3 is 0 Å². The van der Waals surface area contributed by atoms with E-state index < -0.39 is 0 Å². The maximum Gasteiger partial charge on any atom is 0.273 e. The van der Waals surface area contributed by atoms with Gasteiger partial charge in [0.15, 0.2) is 0 Å². The molecule has 172 valence electrons. The van der Waals surface area contributed by atoms with Crippen LogP contribution in [0.4, 0.5) is 0 Å². The van der Waals surface area contributed by atoms with E-state index in [1.165, 1.54) is 24.0 Å². The van der Waals surface area contributed by atoms with Gasteiger partial charge in [-0.25, -0.2) is 4.98 Å². The number of piperazine rings is 1. The van der Waals surface area contributed by atoms with Crippen LogP contribution in [0.3, 0.4) is 0 Å². The number of thiazole rings is 1. The molecular weight excluding hydrogens is 438 g/mol. The van der Waals surface area contributed by atoms with Crippen molar-refractivity contribution in [2.24, 2.45) is 0 Å². The lowest BCUT2D eigenvalue weighted by atomic mass is 10.1. The van der Waals surface area contributed by atoms with Crippen LogP contribution in [0.1, 0.15) is 32.0 Å². The van der Waals surface area contributed by atoms with Gasteiger partial charge in [0, 0.05) is 43.2 Å². The van der Waals surface area contributed by atoms with Crippen molar-refractivity contribution in [2.75, 3.05) is 40.4 Å². The molecule has 1 saturated heterocycles. The van der Waals surface area contributed by atoms with Crippen LogP contribution in [0.2, 0.25) is 0 Å². The Bertz CT molecular complexity index is 1180. The number of carbonyl (C=O) groups excluding carboxylic acids is 2. The summed E-state index contributed by atoms with van der Waals surface area (Å²) >= 11 is 1.48. The Morgan fingerprint density at radius 2 is 1.61 bits per heavy atom. The van der Waals surface area contributed by atoms with E-state index in [2.05, 4.69) is 37.0 Å². The topological polar surface area (TPSA) is 72.0 Å². The van der Waals surface area contributed by atoms with Gasteiger partial charge in [-0.3, -0.25) is 9.59 Å². The summed E-state index contributed by atoms with van der Waals surface area (Å²) in [7, 11) is 3.10. The minimum Gasteiger partial charge on any atom is -0.497 e. The van der Waals surface area contributed by atoms with Gasteiger partial charge in [-0.1, -0.05) is 23.8 Å². The monoisotopic (exact) mass is 465 g/mol. The van der Waals surface area contributed by atoms with Gasteiger partial charge in [-0.05, 0) is 31.5 Å². The number of hydrogen-bond acceptors (Lipinski definition) is 6. The van der Waals surface area contributed by atoms with E-state index in [4.69, 9.17) is 9.47 Å². The lowest BCUT2D eigenvalue weighted by Gasteiger charge is -2.34. The summed E-state index contributed by atoms with van der Waals surface area (Å²) in [5, 5.41) is 2.66. The molecule has 3 aromatic rings. The third-order valence-corrected chi connectivity index (χ3v) is 6.70. The number of nitrogens with zero attached hydrogens (tertiary/aromatic N) is 3. The highest BCUT2D eigenvalue weighted by molar-refractivity contribution is 7.13. The second kappa shape index (κ2) is 9.62. The Balaban J connectivity index is 1.42. The molecule has 7 nitrogen and oxygen atoms in total. The second-order valence-electron chi connectivity index (χ2n) is 8.01. The van der Waals surface area contributed by atoms with Crippen molar-refractivity contribution in [2.45, 2.75) is 13.8 Å². The Labute approximate surface area is 197 Å². The first kappa shape index (κ1) is 22.8. The van der Waals surface area contributed by atoms with Crippen LogP contribution < -0.4 is 9.47 Å². The molecule has 8 heteroatoms. The van der Waals surface area contributed by atoms with Crippen LogP contribution in [-0.4, -0.2) is 67.0 Å². The van der Waals surface area contributed by atoms with Gasteiger partial charge in [0.1, 0.15) is 22.2 Å². The fourth-order valence-electron chi connectivity index (χ4n) is 3.97. The molecular formula is C25H27N3O4S. The van der Waals surface area contributed by atoms with Crippen molar-refractivity contribution < 1.29 is 19.1 Å². The molecule has 0 bridgehead atoms. The molecule has 0 saturated carbocycles. The van der Waals surface area contributed by atoms with Crippen LogP contribution >= 0.6 is 11.3 Å². The quantitative estimate of drug-likeness (QED) is 0.569. The van der Waals surface area contributed by atoms with Gasteiger partial charge < -0.3 is 19.3 Å². The molecule has 1 fully saturated rings. The molecule has 4 rings (SSSR count). The largest absolute Gasteiger partial charge is 0.497 e. The van der Waals surface area contributed by atoms with E-state index in [1.807, 2.05) is 5.38 Å². The molecule has 33 heavy (non-hydrogen) atoms. The molecule has 0 atom stereocenters. The van der Waals surface area contributed by atoms with E-state index in [1.54, 1.807) is 35.1 Å². The third-order valence-electron chi connectivity index (χ3n) is 5.83. The summed E-state index contributed by atoms with van der Waals surface area (Å²) in [6, 6.07) is 11.4. The lowest BCUT2D eigenvalue weighted by Crippen LogP contribution is -2.50. The lowest BCUT2D eigenvalue weighted by molar-refractivity contribution is 0.0531. The highest BCUT2D eigenvalue weighted by atomic mass is 32.1. The predicted octanol–water partition coefficient (Wildman–Crippen LogP) is 4.04. The van der Waals surface area contributed by atoms with Gasteiger partial charge in [0.05, 0.1) is 19.8 Å². The summed E-state index contributed by atoms with van der Waals surface area (Å²) in [6.45, 7) is 5.93. The number of ether oxygens (including phenoxy) is 2. The van der Waals surface area contributed by atoms with Crippen LogP contribution in [0.25, 0.3) is 10.6 Å². The number of carbonyl (C=O) groups is 2. The highest BCUT2D eigenvalue weighted by Crippen LogP contribution is 2.29. The fraction of sp³-hybridized carbons (Fsp3) is 0.320. The zero-order valence-electron chi connectivity index (χ0n) is 19.3. The molecule has 1 aliphatic rings. The molecule has 2 heterocycles. The number of amides is 2. The zero-order chi connectivity index (χ0) is 23.5. The Morgan fingerprint density at radius 3 is 2.24 bits per heavy atom. The summed E-state index contributed by atoms with van der Waals surface area (Å²) in [5.74, 6) is 0.880. The summed E-state index contributed by atoms with van der Waals surface area (Å²) in [6.07, 6.45) is 0. The average molecular weight is 466 g/mol. The molecule has 0 spiro atoms. The summed E-state index contributed by atoms with van der Waals surface area (Å²) < 4.78 is 10.6. The van der Waals surface area contributed by atoms with Crippen molar-refractivity contribution in [3.8, 4) is 22.1 Å². The molecule has 0 unspecified atom stereocenters. The van der Waals surface area contributed by atoms with Crippen LogP contribution in [0.15, 0.2) is 41.8 Å². The summed E-state index contributed by atoms with van der Waals surface area (Å²) in [5.41, 5.74) is 4.32. The molecule has 0 radical (unpaired) electrons. The van der Waals surface area contributed by atoms with Crippen molar-refractivity contribution in [1.29, 1.82) is 0 Å². The maximum absolute atomic E-state index is 13.0. The normalized spacial score (nSPS) is 13.7. The number of hydrogen-bond donors (Lipinski definition) is 0. The van der Waals surface area contributed by atoms with Crippen molar-refractivity contribution >= 4 is 23.2 Å². The van der Waals surface area contributed by atoms with Crippen LogP contribution in [0.5, 0.6) is 11.5 Å². The Kier molecular flexibility index (Phi) is 6.65. The summed E-state index contributed by atoms with van der Waals surface area (Å²) in [4.78, 5) is 34.2. The fourth-order valence-corrected chi connectivity index (χ4v) is 4.85. The SMILES string of the molecule is COc1ccc(C(=O)N2CCN(C(=O)c3csc(-c4ccc(C)cc4C)n3)CC2)c(OC)c1. The number of methoxy groups -OCH3 is 2. The van der Waals surface area contributed by atoms with Crippen LogP contribution in [0, 0.1) is 13.8 Å². The first-order valence-electron chi connectivity index (χ1n) is 10.7. The number of aromatic nitrogens is 1. The number of aryl methyl sites for hydroxylation is 2. The van der Waals surface area contributed by atoms with Gasteiger partial charge in [0.25, 0.3) is 11.8 Å². The molecule has 2 amide bonds. The minimum absolute atomic E-state index is 0.101. The predicted molar refractivity (Wildman–Crippen MR) is 128 cm³/mol. The van der Waals surface area contributed by atoms with Crippen molar-refractivity contribution in [3.05, 3.63) is 64.2 Å². The van der Waals surface area contributed by atoms with Gasteiger partial charge in [-0.2, -0.15) is 0 Å². The standard InChI is InChI=1S/C25H27N3O4S/c1-16-5-7-19(17(2)13-16)23-26-21(15-33-23)25(30)28-11-9-27(10-12-28)24(29)20-8-6-18(31-3)14-22(20)32-4/h5-8,13-15H,9-12H2,1-4H3. The van der Waals surface area contributed by atoms with E-state index in [9.17, 15) is 9.59 Å². The first-order valence-corrected chi connectivity index (χ1v) is 11.6. The molecule has 0 N–H and O–H groups in total. The molecule has 1 aliphatic heterocycles. The van der Waals surface area contributed by atoms with Crippen molar-refractivity contribution in [3.63, 3.8) is 0 Å². The van der Waals surface area contributed by atoms with E-state index in [0.29, 0.717) is 48.9 Å². The third kappa shape index (κ3) is 4.71. The molecule has 0 aliphatic carbocycles. The minimum atomic E-state index is -0.118. The number of rotatable bonds is 5. The van der Waals surface area contributed by atoms with E-state index in [0.717, 1.165) is 16.1 Å². The van der Waals surface area contributed by atoms with Crippen LogP contribution in [-0.2, 0) is 0 Å². The maximum atomic E-state index is 13.0. The molecule has 1 aromatic heterocycles. The Morgan fingerprint density at radius 1 is 0.909 bits per heavy atom. The van der Waals surface area contributed by atoms with Gasteiger partial charge in [0.2, 0.25) is 0 Å².